The highest BCUT2D eigenvalue weighted by Crippen LogP contribution is 2.39. The zero-order chi connectivity index (χ0) is 20.3. The zero-order valence-corrected chi connectivity index (χ0v) is 20.4. The molecular formula is C23H29Cl2N3O3S. The molecule has 0 saturated carbocycles. The molecule has 32 heavy (non-hydrogen) atoms. The first-order valence-corrected chi connectivity index (χ1v) is 11.4. The summed E-state index contributed by atoms with van der Waals surface area (Å²) >= 11 is 1.80. The number of aromatic nitrogens is 1. The lowest BCUT2D eigenvalue weighted by Gasteiger charge is -2.32. The Morgan fingerprint density at radius 1 is 1.09 bits per heavy atom. The molecule has 1 saturated heterocycles. The number of para-hydroxylation sites is 2. The van der Waals surface area contributed by atoms with Crippen molar-refractivity contribution in [1.29, 1.82) is 0 Å². The Labute approximate surface area is 205 Å². The molecule has 9 heteroatoms. The predicted octanol–water partition coefficient (Wildman–Crippen LogP) is 4.79. The van der Waals surface area contributed by atoms with Crippen LogP contribution in [0.25, 0.3) is 10.2 Å². The molecule has 5 rings (SSSR count). The maximum Gasteiger partial charge on any atom is 0.203 e. The van der Waals surface area contributed by atoms with Gasteiger partial charge in [0.05, 0.1) is 17.3 Å². The van der Waals surface area contributed by atoms with Crippen LogP contribution < -0.4 is 24.4 Å². The molecule has 6 nitrogen and oxygen atoms in total. The van der Waals surface area contributed by atoms with Crippen LogP contribution in [0.2, 0.25) is 0 Å². The topological polar surface area (TPSA) is 55.9 Å². The Bertz CT molecular complexity index is 978. The second-order valence-electron chi connectivity index (χ2n) is 7.89. The molecule has 1 N–H and O–H groups in total. The summed E-state index contributed by atoms with van der Waals surface area (Å²) in [6.07, 6.45) is 2.39. The maximum absolute atomic E-state index is 6.08. The van der Waals surface area contributed by atoms with E-state index < -0.39 is 0 Å². The number of fused-ring (bicyclic) bond motifs is 2. The van der Waals surface area contributed by atoms with E-state index in [2.05, 4.69) is 34.5 Å². The lowest BCUT2D eigenvalue weighted by atomic mass is 9.97. The molecule has 2 aromatic carbocycles. The third-order valence-corrected chi connectivity index (χ3v) is 6.94. The number of benzene rings is 2. The van der Waals surface area contributed by atoms with Gasteiger partial charge in [-0.05, 0) is 49.6 Å². The molecule has 1 fully saturated rings. The highest BCUT2D eigenvalue weighted by Gasteiger charge is 2.25. The van der Waals surface area contributed by atoms with Gasteiger partial charge in [0, 0.05) is 19.6 Å². The van der Waals surface area contributed by atoms with Gasteiger partial charge in [0.25, 0.3) is 0 Å². The average molecular weight is 498 g/mol. The summed E-state index contributed by atoms with van der Waals surface area (Å²) in [7, 11) is 1.65. The number of hydrogen-bond acceptors (Lipinski definition) is 7. The van der Waals surface area contributed by atoms with Crippen molar-refractivity contribution in [1.82, 2.24) is 10.3 Å². The van der Waals surface area contributed by atoms with Crippen molar-refractivity contribution in [2.75, 3.05) is 44.8 Å². The van der Waals surface area contributed by atoms with Gasteiger partial charge in [0.1, 0.15) is 12.7 Å². The van der Waals surface area contributed by atoms with Crippen molar-refractivity contribution in [2.24, 2.45) is 5.92 Å². The first-order valence-electron chi connectivity index (χ1n) is 10.6. The number of nitrogens with one attached hydrogen (secondary N) is 1. The first kappa shape index (κ1) is 24.7. The number of halogens is 2. The lowest BCUT2D eigenvalue weighted by Crippen LogP contribution is -2.42. The van der Waals surface area contributed by atoms with Crippen LogP contribution >= 0.6 is 36.2 Å². The fourth-order valence-corrected chi connectivity index (χ4v) is 5.17. The standard InChI is InChI=1S/C23H27N3O3S.2ClH/c1-27-19-6-4-7-20-22(19)28-15-17(29-20)14-24-13-16-9-11-26(12-10-16)23-25-18-5-2-3-8-21(18)30-23;;/h2-8,16-17,24H,9-15H2,1H3;2*1H. The Kier molecular flexibility index (Phi) is 8.71. The Hall–Kier alpha value is -1.93. The van der Waals surface area contributed by atoms with Gasteiger partial charge in [0.2, 0.25) is 5.75 Å². The van der Waals surface area contributed by atoms with Crippen molar-refractivity contribution in [3.63, 3.8) is 0 Å². The molecule has 0 radical (unpaired) electrons. The monoisotopic (exact) mass is 497 g/mol. The van der Waals surface area contributed by atoms with Gasteiger partial charge in [-0.1, -0.05) is 29.5 Å². The minimum Gasteiger partial charge on any atom is -0.493 e. The van der Waals surface area contributed by atoms with E-state index in [9.17, 15) is 0 Å². The second-order valence-corrected chi connectivity index (χ2v) is 8.90. The maximum atomic E-state index is 6.08. The second kappa shape index (κ2) is 11.3. The van der Waals surface area contributed by atoms with E-state index in [0.717, 1.165) is 48.3 Å². The zero-order valence-electron chi connectivity index (χ0n) is 18.0. The van der Waals surface area contributed by atoms with Crippen molar-refractivity contribution < 1.29 is 14.2 Å². The normalized spacial score (nSPS) is 18.0. The molecule has 174 valence electrons. The summed E-state index contributed by atoms with van der Waals surface area (Å²) in [6, 6.07) is 14.1. The van der Waals surface area contributed by atoms with Crippen LogP contribution in [-0.2, 0) is 0 Å². The van der Waals surface area contributed by atoms with Crippen molar-refractivity contribution in [3.8, 4) is 17.2 Å². The van der Waals surface area contributed by atoms with Gasteiger partial charge in [0.15, 0.2) is 16.6 Å². The van der Waals surface area contributed by atoms with Gasteiger partial charge < -0.3 is 24.4 Å². The Balaban J connectivity index is 0.00000144. The van der Waals surface area contributed by atoms with Gasteiger partial charge in [-0.25, -0.2) is 4.98 Å². The van der Waals surface area contributed by atoms with Crippen molar-refractivity contribution in [3.05, 3.63) is 42.5 Å². The fraction of sp³-hybridized carbons (Fsp3) is 0.435. The molecule has 0 aliphatic carbocycles. The third-order valence-electron chi connectivity index (χ3n) is 5.84. The highest BCUT2D eigenvalue weighted by atomic mass is 35.5. The molecule has 2 aliphatic heterocycles. The number of anilines is 1. The highest BCUT2D eigenvalue weighted by molar-refractivity contribution is 7.22. The first-order chi connectivity index (χ1) is 14.8. The minimum atomic E-state index is 0. The molecule has 1 aromatic heterocycles. The van der Waals surface area contributed by atoms with E-state index in [1.807, 2.05) is 18.2 Å². The van der Waals surface area contributed by atoms with Crippen molar-refractivity contribution in [2.45, 2.75) is 18.9 Å². The number of methoxy groups -OCH3 is 1. The average Bonchev–Trinajstić information content (AvgIpc) is 3.23. The molecule has 0 spiro atoms. The molecular weight excluding hydrogens is 469 g/mol. The summed E-state index contributed by atoms with van der Waals surface area (Å²) in [5, 5.41) is 4.75. The SMILES string of the molecule is COc1cccc2c1OCC(CNCC1CCN(c3nc4ccccc4s3)CC1)O2.Cl.Cl. The van der Waals surface area contributed by atoms with E-state index in [4.69, 9.17) is 19.2 Å². The number of nitrogens with zero attached hydrogens (tertiary/aromatic N) is 2. The molecule has 3 aromatic rings. The summed E-state index contributed by atoms with van der Waals surface area (Å²) < 4.78 is 18.6. The van der Waals surface area contributed by atoms with Crippen LogP contribution in [0.4, 0.5) is 5.13 Å². The third kappa shape index (κ3) is 5.34. The lowest BCUT2D eigenvalue weighted by molar-refractivity contribution is 0.0863. The van der Waals surface area contributed by atoms with Gasteiger partial charge in [-0.15, -0.1) is 24.8 Å². The summed E-state index contributed by atoms with van der Waals surface area (Å²) in [6.45, 7) is 4.48. The van der Waals surface area contributed by atoms with Crippen LogP contribution in [0.15, 0.2) is 42.5 Å². The summed E-state index contributed by atoms with van der Waals surface area (Å²) in [5.41, 5.74) is 1.11. The smallest absolute Gasteiger partial charge is 0.203 e. The van der Waals surface area contributed by atoms with E-state index in [0.29, 0.717) is 18.3 Å². The number of ether oxygens (including phenoxy) is 3. The van der Waals surface area contributed by atoms with Gasteiger partial charge in [-0.3, -0.25) is 0 Å². The Morgan fingerprint density at radius 3 is 2.69 bits per heavy atom. The van der Waals surface area contributed by atoms with E-state index in [-0.39, 0.29) is 30.9 Å². The predicted molar refractivity (Wildman–Crippen MR) is 135 cm³/mol. The van der Waals surface area contributed by atoms with Gasteiger partial charge >= 0.3 is 0 Å². The minimum absolute atomic E-state index is 0. The van der Waals surface area contributed by atoms with Crippen LogP contribution in [0, 0.1) is 5.92 Å². The van der Waals surface area contributed by atoms with E-state index >= 15 is 0 Å². The fourth-order valence-electron chi connectivity index (χ4n) is 4.15. The number of hydrogen-bond donors (Lipinski definition) is 1. The molecule has 3 heterocycles. The van der Waals surface area contributed by atoms with Gasteiger partial charge in [-0.2, -0.15) is 0 Å². The van der Waals surface area contributed by atoms with Crippen molar-refractivity contribution >= 4 is 51.5 Å². The quantitative estimate of drug-likeness (QED) is 0.527. The van der Waals surface area contributed by atoms with Crippen LogP contribution in [0.5, 0.6) is 17.2 Å². The molecule has 1 unspecified atom stereocenters. The molecule has 0 bridgehead atoms. The Morgan fingerprint density at radius 2 is 1.91 bits per heavy atom. The molecule has 1 atom stereocenters. The van der Waals surface area contributed by atoms with Crippen LogP contribution in [0.3, 0.4) is 0 Å². The number of thiazole rings is 1. The van der Waals surface area contributed by atoms with E-state index in [1.54, 1.807) is 18.4 Å². The largest absolute Gasteiger partial charge is 0.493 e. The molecule has 2 aliphatic rings. The van der Waals surface area contributed by atoms with E-state index in [1.165, 1.54) is 17.5 Å². The molecule has 0 amide bonds. The summed E-state index contributed by atoms with van der Waals surface area (Å²) in [5.74, 6) is 2.88. The van der Waals surface area contributed by atoms with Crippen LogP contribution in [0.1, 0.15) is 12.8 Å². The summed E-state index contributed by atoms with van der Waals surface area (Å²) in [4.78, 5) is 7.24. The van der Waals surface area contributed by atoms with Crippen LogP contribution in [-0.4, -0.2) is 51.0 Å². The number of rotatable bonds is 6. The number of piperidine rings is 1.